The number of rotatable bonds is 3. The molecule has 2 unspecified atom stereocenters. The van der Waals surface area contributed by atoms with Crippen LogP contribution in [0, 0.1) is 5.92 Å². The molecule has 0 radical (unpaired) electrons. The van der Waals surface area contributed by atoms with Crippen LogP contribution in [0.5, 0.6) is 0 Å². The highest BCUT2D eigenvalue weighted by molar-refractivity contribution is 5.94. The van der Waals surface area contributed by atoms with E-state index < -0.39 is 0 Å². The summed E-state index contributed by atoms with van der Waals surface area (Å²) >= 11 is 0. The van der Waals surface area contributed by atoms with E-state index in [1.807, 2.05) is 23.1 Å². The van der Waals surface area contributed by atoms with Crippen LogP contribution in [0.25, 0.3) is 0 Å². The minimum absolute atomic E-state index is 0.0631. The number of morpholine rings is 1. The molecule has 5 nitrogen and oxygen atoms in total. The normalized spacial score (nSPS) is 25.0. The third-order valence-corrected chi connectivity index (χ3v) is 4.76. The van der Waals surface area contributed by atoms with Gasteiger partial charge in [-0.05, 0) is 25.0 Å². The van der Waals surface area contributed by atoms with Crippen LogP contribution in [-0.4, -0.2) is 49.1 Å². The summed E-state index contributed by atoms with van der Waals surface area (Å²) < 4.78 is 5.32. The molecule has 1 saturated carbocycles. The molecule has 1 heterocycles. The summed E-state index contributed by atoms with van der Waals surface area (Å²) in [4.78, 5) is 27.1. The maximum Gasteiger partial charge on any atom is 0.251 e. The number of benzene rings is 1. The number of hydrogen-bond acceptors (Lipinski definition) is 3. The van der Waals surface area contributed by atoms with E-state index in [9.17, 15) is 9.59 Å². The van der Waals surface area contributed by atoms with Gasteiger partial charge in [-0.1, -0.05) is 31.0 Å². The van der Waals surface area contributed by atoms with Gasteiger partial charge in [0.1, 0.15) is 0 Å². The Morgan fingerprint density at radius 1 is 1.04 bits per heavy atom. The lowest BCUT2D eigenvalue weighted by Gasteiger charge is -2.36. The van der Waals surface area contributed by atoms with Crippen molar-refractivity contribution in [2.75, 3.05) is 26.3 Å². The molecule has 1 saturated heterocycles. The van der Waals surface area contributed by atoms with Gasteiger partial charge in [-0.15, -0.1) is 0 Å². The van der Waals surface area contributed by atoms with Crippen LogP contribution in [-0.2, 0) is 9.53 Å². The van der Waals surface area contributed by atoms with Crippen LogP contribution >= 0.6 is 0 Å². The zero-order valence-electron chi connectivity index (χ0n) is 13.4. The molecule has 3 rings (SSSR count). The molecule has 0 aromatic heterocycles. The topological polar surface area (TPSA) is 58.6 Å². The minimum atomic E-state index is -0.102. The van der Waals surface area contributed by atoms with Gasteiger partial charge in [0, 0.05) is 24.7 Å². The Labute approximate surface area is 137 Å². The Bertz CT molecular complexity index is 540. The van der Waals surface area contributed by atoms with E-state index in [0.29, 0.717) is 31.9 Å². The Morgan fingerprint density at radius 3 is 2.48 bits per heavy atom. The van der Waals surface area contributed by atoms with Crippen LogP contribution in [0.2, 0.25) is 0 Å². The molecule has 2 fully saturated rings. The molecular formula is C18H24N2O3. The van der Waals surface area contributed by atoms with Gasteiger partial charge in [0.05, 0.1) is 19.1 Å². The van der Waals surface area contributed by atoms with E-state index in [2.05, 4.69) is 5.32 Å². The molecule has 2 amide bonds. The molecule has 1 N–H and O–H groups in total. The van der Waals surface area contributed by atoms with E-state index in [0.717, 1.165) is 25.7 Å². The highest BCUT2D eigenvalue weighted by Crippen LogP contribution is 2.27. The lowest BCUT2D eigenvalue weighted by molar-refractivity contribution is -0.141. The molecule has 1 aliphatic carbocycles. The second-order valence-electron chi connectivity index (χ2n) is 6.27. The minimum Gasteiger partial charge on any atom is -0.378 e. The molecule has 1 aromatic rings. The molecule has 124 valence electrons. The number of amides is 2. The highest BCUT2D eigenvalue weighted by atomic mass is 16.5. The number of carbonyl (C=O) groups is 2. The zero-order chi connectivity index (χ0) is 16.1. The summed E-state index contributed by atoms with van der Waals surface area (Å²) in [5, 5.41) is 3.09. The van der Waals surface area contributed by atoms with Gasteiger partial charge in [0.15, 0.2) is 0 Å². The van der Waals surface area contributed by atoms with Gasteiger partial charge in [-0.2, -0.15) is 0 Å². The van der Waals surface area contributed by atoms with Crippen LogP contribution in [0.3, 0.4) is 0 Å². The fraction of sp³-hybridized carbons (Fsp3) is 0.556. The SMILES string of the molecule is O=C(NC1CCCCC1C(=O)N1CCOCC1)c1ccccc1. The Balaban J connectivity index is 1.66. The fourth-order valence-electron chi connectivity index (χ4n) is 3.46. The van der Waals surface area contributed by atoms with Gasteiger partial charge in [-0.3, -0.25) is 9.59 Å². The Morgan fingerprint density at radius 2 is 1.74 bits per heavy atom. The van der Waals surface area contributed by atoms with Crippen molar-refractivity contribution < 1.29 is 14.3 Å². The van der Waals surface area contributed by atoms with Crippen molar-refractivity contribution in [1.82, 2.24) is 10.2 Å². The predicted octanol–water partition coefficient (Wildman–Crippen LogP) is 1.83. The summed E-state index contributed by atoms with van der Waals surface area (Å²) in [6.07, 6.45) is 3.85. The Kier molecular flexibility index (Phi) is 5.28. The van der Waals surface area contributed by atoms with Crippen molar-refractivity contribution in [2.24, 2.45) is 5.92 Å². The van der Waals surface area contributed by atoms with Gasteiger partial charge < -0.3 is 15.0 Å². The molecule has 23 heavy (non-hydrogen) atoms. The Hall–Kier alpha value is -1.88. The monoisotopic (exact) mass is 316 g/mol. The standard InChI is InChI=1S/C18H24N2O3/c21-17(14-6-2-1-3-7-14)19-16-9-5-4-8-15(16)18(22)20-10-12-23-13-11-20/h1-3,6-7,15-16H,4-5,8-13H2,(H,19,21). The van der Waals surface area contributed by atoms with Crippen LogP contribution in [0.4, 0.5) is 0 Å². The van der Waals surface area contributed by atoms with Gasteiger partial charge in [0.2, 0.25) is 5.91 Å². The molecule has 1 aliphatic heterocycles. The first-order valence-electron chi connectivity index (χ1n) is 8.48. The summed E-state index contributed by atoms with van der Waals surface area (Å²) in [5.74, 6) is -0.0156. The smallest absolute Gasteiger partial charge is 0.251 e. The molecule has 2 atom stereocenters. The number of carbonyl (C=O) groups excluding carboxylic acids is 2. The first kappa shape index (κ1) is 16.0. The maximum absolute atomic E-state index is 12.8. The zero-order valence-corrected chi connectivity index (χ0v) is 13.4. The fourth-order valence-corrected chi connectivity index (χ4v) is 3.46. The van der Waals surface area contributed by atoms with Crippen molar-refractivity contribution in [3.05, 3.63) is 35.9 Å². The van der Waals surface area contributed by atoms with E-state index in [-0.39, 0.29) is 23.8 Å². The molecule has 2 aliphatic rings. The van der Waals surface area contributed by atoms with Gasteiger partial charge in [0.25, 0.3) is 5.91 Å². The van der Waals surface area contributed by atoms with Crippen molar-refractivity contribution in [3.63, 3.8) is 0 Å². The average molecular weight is 316 g/mol. The van der Waals surface area contributed by atoms with Crippen molar-refractivity contribution >= 4 is 11.8 Å². The van der Waals surface area contributed by atoms with Crippen molar-refractivity contribution in [2.45, 2.75) is 31.7 Å². The largest absolute Gasteiger partial charge is 0.378 e. The molecular weight excluding hydrogens is 292 g/mol. The van der Waals surface area contributed by atoms with E-state index in [1.165, 1.54) is 0 Å². The quantitative estimate of drug-likeness (QED) is 0.925. The summed E-state index contributed by atoms with van der Waals surface area (Å²) in [5.41, 5.74) is 0.649. The second kappa shape index (κ2) is 7.59. The van der Waals surface area contributed by atoms with Gasteiger partial charge >= 0.3 is 0 Å². The average Bonchev–Trinajstić information content (AvgIpc) is 2.63. The van der Waals surface area contributed by atoms with E-state index in [1.54, 1.807) is 12.1 Å². The van der Waals surface area contributed by atoms with Gasteiger partial charge in [-0.25, -0.2) is 0 Å². The number of ether oxygens (including phenoxy) is 1. The summed E-state index contributed by atoms with van der Waals surface area (Å²) in [6, 6.07) is 9.14. The van der Waals surface area contributed by atoms with E-state index in [4.69, 9.17) is 4.74 Å². The number of nitrogens with one attached hydrogen (secondary N) is 1. The molecule has 1 aromatic carbocycles. The predicted molar refractivity (Wildman–Crippen MR) is 87.1 cm³/mol. The lowest BCUT2D eigenvalue weighted by atomic mass is 9.83. The van der Waals surface area contributed by atoms with Crippen LogP contribution in [0.1, 0.15) is 36.0 Å². The first-order valence-corrected chi connectivity index (χ1v) is 8.48. The number of nitrogens with zero attached hydrogens (tertiary/aromatic N) is 1. The van der Waals surface area contributed by atoms with E-state index >= 15 is 0 Å². The molecule has 0 spiro atoms. The summed E-state index contributed by atoms with van der Waals surface area (Å²) in [7, 11) is 0. The van der Waals surface area contributed by atoms with Crippen molar-refractivity contribution in [1.29, 1.82) is 0 Å². The summed E-state index contributed by atoms with van der Waals surface area (Å²) in [6.45, 7) is 2.54. The number of hydrogen-bond donors (Lipinski definition) is 1. The van der Waals surface area contributed by atoms with Crippen LogP contribution < -0.4 is 5.32 Å². The third kappa shape index (κ3) is 3.91. The first-order chi connectivity index (χ1) is 11.3. The molecule has 0 bridgehead atoms. The third-order valence-electron chi connectivity index (χ3n) is 4.76. The second-order valence-corrected chi connectivity index (χ2v) is 6.27. The lowest BCUT2D eigenvalue weighted by Crippen LogP contribution is -2.51. The van der Waals surface area contributed by atoms with Crippen LogP contribution in [0.15, 0.2) is 30.3 Å². The molecule has 5 heteroatoms. The maximum atomic E-state index is 12.8. The van der Waals surface area contributed by atoms with Crippen molar-refractivity contribution in [3.8, 4) is 0 Å². The highest BCUT2D eigenvalue weighted by Gasteiger charge is 2.35.